The van der Waals surface area contributed by atoms with Crippen LogP contribution in [0.25, 0.3) is 0 Å². The normalized spacial score (nSPS) is 14.2. The molecule has 7 nitrogen and oxygen atoms in total. The quantitative estimate of drug-likeness (QED) is 0.680. The largest absolute Gasteiger partial charge is 0.325 e. The number of nitrogens with zero attached hydrogens (tertiary/aromatic N) is 1. The summed E-state index contributed by atoms with van der Waals surface area (Å²) >= 11 is 4.81. The zero-order valence-electron chi connectivity index (χ0n) is 14.9. The summed E-state index contributed by atoms with van der Waals surface area (Å²) in [5, 5.41) is 5.39. The minimum atomic E-state index is -3.89. The summed E-state index contributed by atoms with van der Waals surface area (Å²) in [5.41, 5.74) is 1.04. The predicted molar refractivity (Wildman–Crippen MR) is 113 cm³/mol. The van der Waals surface area contributed by atoms with Gasteiger partial charge in [-0.3, -0.25) is 9.59 Å². The number of hydrogen-bond donors (Lipinski definition) is 2. The minimum absolute atomic E-state index is 0.0202. The van der Waals surface area contributed by atoms with E-state index in [1.165, 1.54) is 30.9 Å². The van der Waals surface area contributed by atoms with Gasteiger partial charge >= 0.3 is 0 Å². The van der Waals surface area contributed by atoms with Gasteiger partial charge in [0.1, 0.15) is 0 Å². The van der Waals surface area contributed by atoms with E-state index in [0.29, 0.717) is 23.5 Å². The van der Waals surface area contributed by atoms with E-state index in [4.69, 9.17) is 0 Å². The molecule has 2 aromatic rings. The first-order chi connectivity index (χ1) is 13.3. The molecule has 0 saturated carbocycles. The average molecular weight is 484 g/mol. The second-order valence-electron chi connectivity index (χ2n) is 6.12. The molecule has 0 radical (unpaired) electrons. The van der Waals surface area contributed by atoms with E-state index in [-0.39, 0.29) is 17.3 Å². The molecule has 3 rings (SSSR count). The molecule has 1 heterocycles. The van der Waals surface area contributed by atoms with Gasteiger partial charge in [0.05, 0.1) is 17.1 Å². The summed E-state index contributed by atoms with van der Waals surface area (Å²) in [7, 11) is -2.55. The Bertz CT molecular complexity index is 1030. The molecule has 0 spiro atoms. The number of hydrogen-bond acceptors (Lipinski definition) is 5. The van der Waals surface area contributed by atoms with Crippen molar-refractivity contribution in [3.63, 3.8) is 0 Å². The third-order valence-electron chi connectivity index (χ3n) is 3.99. The van der Waals surface area contributed by atoms with E-state index in [1.807, 2.05) is 6.07 Å². The number of halogens is 1. The molecule has 2 amide bonds. The van der Waals surface area contributed by atoms with E-state index < -0.39 is 15.9 Å². The monoisotopic (exact) mass is 483 g/mol. The van der Waals surface area contributed by atoms with Gasteiger partial charge in [-0.25, -0.2) is 8.42 Å². The molecule has 2 N–H and O–H groups in total. The lowest BCUT2D eigenvalue weighted by Crippen LogP contribution is -2.35. The summed E-state index contributed by atoms with van der Waals surface area (Å²) in [5.74, 6) is 0.0333. The number of anilines is 2. The zero-order valence-corrected chi connectivity index (χ0v) is 18.2. The molecule has 148 valence electrons. The number of sulfonamides is 1. The molecule has 1 aliphatic heterocycles. The second-order valence-corrected chi connectivity index (χ2v) is 10.2. The van der Waals surface area contributed by atoms with Crippen molar-refractivity contribution in [3.05, 3.63) is 46.9 Å². The van der Waals surface area contributed by atoms with Gasteiger partial charge < -0.3 is 10.6 Å². The summed E-state index contributed by atoms with van der Waals surface area (Å²) in [4.78, 5) is 24.8. The number of rotatable bonds is 5. The van der Waals surface area contributed by atoms with Crippen molar-refractivity contribution in [1.29, 1.82) is 0 Å². The summed E-state index contributed by atoms with van der Waals surface area (Å²) in [6, 6.07) is 11.6. The molecule has 0 aliphatic carbocycles. The third-order valence-corrected chi connectivity index (χ3v) is 7.36. The van der Waals surface area contributed by atoms with Crippen LogP contribution in [0.2, 0.25) is 0 Å². The van der Waals surface area contributed by atoms with Crippen LogP contribution in [-0.2, 0) is 19.6 Å². The Balaban J connectivity index is 1.74. The Kier molecular flexibility index (Phi) is 6.43. The number of fused-ring (bicyclic) bond motifs is 1. The molecule has 0 unspecified atom stereocenters. The van der Waals surface area contributed by atoms with Gasteiger partial charge in [0.15, 0.2) is 0 Å². The SMILES string of the molecule is CN(CC(=O)Nc1cccc(Br)c1)S(=O)(=O)c1ccc2c(c1)NC(=O)CCS2. The van der Waals surface area contributed by atoms with Gasteiger partial charge in [0, 0.05) is 34.3 Å². The molecule has 10 heteroatoms. The number of amides is 2. The molecule has 0 aromatic heterocycles. The van der Waals surface area contributed by atoms with Crippen molar-refractivity contribution in [3.8, 4) is 0 Å². The van der Waals surface area contributed by atoms with Crippen molar-refractivity contribution in [2.45, 2.75) is 16.2 Å². The topological polar surface area (TPSA) is 95.6 Å². The summed E-state index contributed by atoms with van der Waals surface area (Å²) < 4.78 is 27.5. The van der Waals surface area contributed by atoms with Crippen molar-refractivity contribution in [2.75, 3.05) is 30.0 Å². The van der Waals surface area contributed by atoms with Crippen LogP contribution in [-0.4, -0.2) is 43.9 Å². The molecule has 0 saturated heterocycles. The number of thioether (sulfide) groups is 1. The Morgan fingerprint density at radius 2 is 2.07 bits per heavy atom. The van der Waals surface area contributed by atoms with Gasteiger partial charge in [-0.15, -0.1) is 11.8 Å². The molecule has 28 heavy (non-hydrogen) atoms. The van der Waals surface area contributed by atoms with Crippen LogP contribution >= 0.6 is 27.7 Å². The third kappa shape index (κ3) is 4.93. The second kappa shape index (κ2) is 8.64. The molecule has 1 aliphatic rings. The van der Waals surface area contributed by atoms with Crippen LogP contribution in [0.3, 0.4) is 0 Å². The van der Waals surface area contributed by atoms with Gasteiger partial charge in [0.2, 0.25) is 21.8 Å². The fourth-order valence-corrected chi connectivity index (χ4v) is 5.08. The fraction of sp³-hybridized carbons (Fsp3) is 0.222. The van der Waals surface area contributed by atoms with Crippen molar-refractivity contribution in [1.82, 2.24) is 4.31 Å². The number of nitrogens with one attached hydrogen (secondary N) is 2. The van der Waals surface area contributed by atoms with Gasteiger partial charge in [-0.2, -0.15) is 4.31 Å². The highest BCUT2D eigenvalue weighted by Crippen LogP contribution is 2.33. The lowest BCUT2D eigenvalue weighted by molar-refractivity contribution is -0.116. The van der Waals surface area contributed by atoms with Crippen LogP contribution in [0.5, 0.6) is 0 Å². The molecule has 0 atom stereocenters. The molecular formula is C18H18BrN3O4S2. The Labute approximate surface area is 176 Å². The minimum Gasteiger partial charge on any atom is -0.325 e. The van der Waals surface area contributed by atoms with Gasteiger partial charge in [-0.05, 0) is 36.4 Å². The van der Waals surface area contributed by atoms with Crippen LogP contribution in [0, 0.1) is 0 Å². The molecular weight excluding hydrogens is 466 g/mol. The first kappa shape index (κ1) is 20.8. The molecule has 2 aromatic carbocycles. The number of carbonyl (C=O) groups excluding carboxylic acids is 2. The average Bonchev–Trinajstić information content (AvgIpc) is 2.81. The highest BCUT2D eigenvalue weighted by Gasteiger charge is 2.25. The molecule has 0 bridgehead atoms. The van der Waals surface area contributed by atoms with E-state index >= 15 is 0 Å². The zero-order chi connectivity index (χ0) is 20.3. The number of likely N-dealkylation sites (N-methyl/N-ethyl adjacent to an activating group) is 1. The van der Waals surface area contributed by atoms with E-state index in [9.17, 15) is 18.0 Å². The van der Waals surface area contributed by atoms with E-state index in [0.717, 1.165) is 13.7 Å². The maximum absolute atomic E-state index is 12.8. The highest BCUT2D eigenvalue weighted by atomic mass is 79.9. The van der Waals surface area contributed by atoms with E-state index in [1.54, 1.807) is 24.3 Å². The standard InChI is InChI=1S/C18H18BrN3O4S2/c1-22(11-18(24)20-13-4-2-3-12(19)9-13)28(25,26)14-5-6-16-15(10-14)21-17(23)7-8-27-16/h2-6,9-10H,7-8,11H2,1H3,(H,20,24)(H,21,23). The number of benzene rings is 2. The molecule has 0 fully saturated rings. The van der Waals surface area contributed by atoms with E-state index in [2.05, 4.69) is 26.6 Å². The fourth-order valence-electron chi connectivity index (χ4n) is 2.59. The predicted octanol–water partition coefficient (Wildman–Crippen LogP) is 3.14. The van der Waals surface area contributed by atoms with Crippen LogP contribution in [0.4, 0.5) is 11.4 Å². The van der Waals surface area contributed by atoms with Crippen LogP contribution in [0.15, 0.2) is 56.7 Å². The van der Waals surface area contributed by atoms with Gasteiger partial charge in [-0.1, -0.05) is 22.0 Å². The Hall–Kier alpha value is -1.88. The van der Waals surface area contributed by atoms with Crippen molar-refractivity contribution < 1.29 is 18.0 Å². The highest BCUT2D eigenvalue weighted by molar-refractivity contribution is 9.10. The first-order valence-corrected chi connectivity index (χ1v) is 11.6. The Morgan fingerprint density at radius 3 is 2.82 bits per heavy atom. The van der Waals surface area contributed by atoms with Crippen molar-refractivity contribution >= 4 is 60.9 Å². The summed E-state index contributed by atoms with van der Waals surface area (Å²) in [6.07, 6.45) is 0.372. The van der Waals surface area contributed by atoms with Gasteiger partial charge in [0.25, 0.3) is 0 Å². The van der Waals surface area contributed by atoms with Crippen molar-refractivity contribution in [2.24, 2.45) is 0 Å². The lowest BCUT2D eigenvalue weighted by Gasteiger charge is -2.18. The smallest absolute Gasteiger partial charge is 0.243 e. The van der Waals surface area contributed by atoms with Crippen LogP contribution in [0.1, 0.15) is 6.42 Å². The Morgan fingerprint density at radius 1 is 1.29 bits per heavy atom. The van der Waals surface area contributed by atoms with Crippen LogP contribution < -0.4 is 10.6 Å². The summed E-state index contributed by atoms with van der Waals surface area (Å²) in [6.45, 7) is -0.340. The number of carbonyl (C=O) groups is 2. The first-order valence-electron chi connectivity index (χ1n) is 8.34. The maximum atomic E-state index is 12.8. The maximum Gasteiger partial charge on any atom is 0.243 e. The lowest BCUT2D eigenvalue weighted by atomic mass is 10.3.